The number of amides is 2. The molecule has 0 aliphatic heterocycles. The Labute approximate surface area is 749 Å². The first-order valence-electron chi connectivity index (χ1n) is 31.4. The van der Waals surface area contributed by atoms with Crippen LogP contribution in [-0.4, -0.2) is 115 Å². The summed E-state index contributed by atoms with van der Waals surface area (Å²) >= 11 is 22.6. The number of carbonyl (C=O) groups is 4. The molecule has 8 N–H and O–H groups in total. The van der Waals surface area contributed by atoms with Crippen LogP contribution in [0.5, 0.6) is 0 Å². The summed E-state index contributed by atoms with van der Waals surface area (Å²) in [5.41, 5.74) is 19.6. The van der Waals surface area contributed by atoms with E-state index in [9.17, 15) is 42.3 Å². The van der Waals surface area contributed by atoms with Gasteiger partial charge in [0.1, 0.15) is 41.3 Å². The van der Waals surface area contributed by atoms with Crippen molar-refractivity contribution in [3.05, 3.63) is 317 Å². The second-order valence-corrected chi connectivity index (χ2v) is 28.7. The van der Waals surface area contributed by atoms with Gasteiger partial charge < -0.3 is 62.6 Å². The monoisotopic (exact) mass is 2100 g/mol. The number of nitrogens with one attached hydrogen (secondary N) is 3. The fourth-order valence-electron chi connectivity index (χ4n) is 7.30. The standard InChI is InChI=1S/C14H10BrFO.C12H17BrN2O3.C10H12BrNO2.C8H7BrO2.C7H5BrN2O.C6H4BrN3.C6H3BrN2O.C6H4F.C6H5N3.C2H7NO.BrH.ClH.Mg/c1-9-2-7-12(13(15)8-9)14(17)10-3-5-11(16)6-4-10;1-12(2,3)18-11(17)14-6-8-5-10(16)15(4)7-9(8)13;1-7-4-5-8(9(11)6-7)10(13)12(2)14-3;1-5-2-3-6(8(10)11)7(9)4-5;1-10-4-6(8)5(3-9)2-7(10)11;7-5-3-10-6(9)1-4(5)2-8;7-5-3-9-6(10)1-4(5)2-8;7-6-4-2-1-3-5-6;7-4-5-1-2-9-6(8)3-5;1-3-4-2;;;/h2-8H,1H3;5,7H,6H2,1-4H3,(H,14,17);4-6H,1-3H3;2-4H,1H3,(H,10,11);2,4H,1H3;1,3H,(H2,9,10);1,3H,(H,9,10);2-5H;1-3H,(H2,8,9);3H,1-2H3;2*1H;/q;;;;;;;-1;;;;;+2/p-1. The molecule has 0 spiro atoms. The summed E-state index contributed by atoms with van der Waals surface area (Å²) in [6, 6.07) is 46.6. The number of anilines is 2. The number of carboxylic acid groups (broad SMARTS) is 1. The minimum Gasteiger partial charge on any atom is -1.00 e. The van der Waals surface area contributed by atoms with E-state index in [4.69, 9.17) is 47.2 Å². The third kappa shape index (κ3) is 43.7. The maximum Gasteiger partial charge on any atom is 2.00 e. The summed E-state index contributed by atoms with van der Waals surface area (Å²) in [5, 5.41) is 46.1. The van der Waals surface area contributed by atoms with Crippen molar-refractivity contribution in [1.82, 2.24) is 39.9 Å². The molecular weight excluding hydrogens is 2030 g/mol. The zero-order valence-corrected chi connectivity index (χ0v) is 77.9. The van der Waals surface area contributed by atoms with Crippen LogP contribution in [0.4, 0.5) is 25.2 Å². The first-order valence-corrected chi connectivity index (χ1v) is 37.0. The van der Waals surface area contributed by atoms with Crippen molar-refractivity contribution in [1.29, 1.82) is 21.0 Å². The molecule has 0 saturated carbocycles. The van der Waals surface area contributed by atoms with Crippen molar-refractivity contribution >= 4 is 182 Å². The number of aryl methyl sites for hydroxylation is 5. The Kier molecular flexibility index (Phi) is 55.9. The van der Waals surface area contributed by atoms with Gasteiger partial charge >= 0.3 is 35.1 Å². The van der Waals surface area contributed by atoms with E-state index >= 15 is 0 Å². The molecular formula is C77H75Br8ClF2MgN14O11. The third-order valence-corrected chi connectivity index (χ3v) is 17.5. The number of hydrogen-bond donors (Lipinski definition) is 6. The van der Waals surface area contributed by atoms with Gasteiger partial charge in [-0.1, -0.05) is 34.1 Å². The van der Waals surface area contributed by atoms with Gasteiger partial charge in [0.15, 0.2) is 5.78 Å². The van der Waals surface area contributed by atoms with Crippen molar-refractivity contribution < 1.29 is 64.5 Å². The predicted molar refractivity (Wildman–Crippen MR) is 457 cm³/mol. The number of rotatable bonds is 8. The molecule has 0 atom stereocenters. The van der Waals surface area contributed by atoms with Gasteiger partial charge in [0.25, 0.3) is 17.0 Å². The van der Waals surface area contributed by atoms with Crippen LogP contribution < -0.4 is 55.9 Å². The number of carbonyl (C=O) groups excluding carboxylic acids is 3. The number of halogens is 11. The normalized spacial score (nSPS) is 9.34. The molecule has 0 aliphatic carbocycles. The number of alkyl carbamates (subject to hydrolysis) is 1. The first-order chi connectivity index (χ1) is 52.2. The van der Waals surface area contributed by atoms with Gasteiger partial charge in [-0.2, -0.15) is 39.2 Å². The molecule has 0 saturated heterocycles. The molecule has 37 heteroatoms. The zero-order valence-electron chi connectivity index (χ0n) is 63.0. The molecule has 0 fully saturated rings. The summed E-state index contributed by atoms with van der Waals surface area (Å²) < 4.78 is 37.5. The quantitative estimate of drug-likeness (QED) is 0.0356. The smallest absolute Gasteiger partial charge is 1.00 e. The van der Waals surface area contributed by atoms with Crippen LogP contribution in [0.15, 0.2) is 216 Å². The number of nitriles is 4. The average molecular weight is 2110 g/mol. The Balaban J connectivity index is -0.00000122. The van der Waals surface area contributed by atoms with Crippen molar-refractivity contribution in [2.45, 2.75) is 53.7 Å². The summed E-state index contributed by atoms with van der Waals surface area (Å²) in [4.78, 5) is 97.8. The molecule has 598 valence electrons. The number of hydroxylamine groups is 3. The molecule has 2 amide bonds. The topological polar surface area (TPSA) is 393 Å². The van der Waals surface area contributed by atoms with Crippen molar-refractivity contribution in [2.75, 3.05) is 39.8 Å². The molecule has 5 heterocycles. The first kappa shape index (κ1) is 109. The second-order valence-electron chi connectivity index (χ2n) is 22.7. The maximum atomic E-state index is 12.8. The number of pyridine rings is 5. The number of ketones is 1. The SMILES string of the molecule is CNOC.CON(C)C(=O)c1ccc(C)cc1Br.Cc1ccc(C(=O)O)c(Br)c1.Cc1ccc(C(=O)c2ccc(F)cc2)c(Br)c1.Cl.Cn1cc(Br)c(C#N)cc1=O.Cn1cc(Br)c(CNC(=O)OC(C)(C)C)cc1=O.Fc1cc[c-]cc1.N#Cc1cc(=O)[nH]cc1Br.N#Cc1cc(N)ncc1Br.N#Cc1ccnc(N)c1.[Br-].[Mg+2]. The van der Waals surface area contributed by atoms with E-state index in [0.717, 1.165) is 30.1 Å². The Hall–Kier alpha value is -8.67. The number of aromatic nitrogens is 5. The Morgan fingerprint density at radius 3 is 1.49 bits per heavy atom. The van der Waals surface area contributed by atoms with E-state index in [1.807, 2.05) is 69.3 Å². The van der Waals surface area contributed by atoms with Crippen LogP contribution in [0.3, 0.4) is 0 Å². The number of aromatic carboxylic acids is 1. The molecule has 10 aromatic rings. The minimum absolute atomic E-state index is 0. The number of aromatic amines is 1. The van der Waals surface area contributed by atoms with Crippen molar-refractivity contribution in [3.8, 4) is 24.3 Å². The fourth-order valence-corrected chi connectivity index (χ4v) is 11.0. The van der Waals surface area contributed by atoms with E-state index in [0.29, 0.717) is 79.6 Å². The fraction of sp³-hybridized carbons (Fsp3) is 0.182. The number of benzene rings is 5. The van der Waals surface area contributed by atoms with Gasteiger partial charge in [-0.25, -0.2) is 38.9 Å². The van der Waals surface area contributed by atoms with Crippen LogP contribution in [0, 0.1) is 83.8 Å². The number of nitrogens with zero attached hydrogens (tertiary/aromatic N) is 9. The van der Waals surface area contributed by atoms with Gasteiger partial charge in [0, 0.05) is 119 Å². The van der Waals surface area contributed by atoms with Gasteiger partial charge in [-0.05, 0) is 238 Å². The van der Waals surface area contributed by atoms with Crippen LogP contribution in [0.1, 0.15) is 102 Å². The second kappa shape index (κ2) is 58.2. The third-order valence-electron chi connectivity index (χ3n) is 12.9. The number of nitrogens with two attached hydrogens (primary N) is 2. The van der Waals surface area contributed by atoms with Crippen LogP contribution >= 0.6 is 124 Å². The van der Waals surface area contributed by atoms with Crippen LogP contribution in [0.2, 0.25) is 0 Å². The number of hydrogen-bond acceptors (Lipinski definition) is 19. The number of H-pyrrole nitrogens is 1. The van der Waals surface area contributed by atoms with E-state index in [-0.39, 0.29) is 99.0 Å². The van der Waals surface area contributed by atoms with E-state index < -0.39 is 17.7 Å². The summed E-state index contributed by atoms with van der Waals surface area (Å²) in [6.07, 6.45) is 7.19. The van der Waals surface area contributed by atoms with Gasteiger partial charge in [-0.3, -0.25) is 28.8 Å². The molecule has 0 aliphatic rings. The Bertz CT molecular complexity index is 5140. The number of nitrogen functional groups attached to an aromatic ring is 2. The van der Waals surface area contributed by atoms with Crippen molar-refractivity contribution in [2.24, 2.45) is 14.1 Å². The molecule has 5 aromatic carbocycles. The zero-order chi connectivity index (χ0) is 84.3. The minimum atomic E-state index is -0.906. The largest absolute Gasteiger partial charge is 2.00 e. The average Bonchev–Trinajstić information content (AvgIpc) is 0.834. The van der Waals surface area contributed by atoms with Crippen LogP contribution in [0.25, 0.3) is 0 Å². The van der Waals surface area contributed by atoms with Gasteiger partial charge in [0.05, 0.1) is 67.1 Å². The number of carboxylic acids is 1. The summed E-state index contributed by atoms with van der Waals surface area (Å²) in [5.74, 6) is -0.995. The van der Waals surface area contributed by atoms with Gasteiger partial charge in [-0.15, -0.1) is 24.5 Å². The van der Waals surface area contributed by atoms with E-state index in [1.165, 1.54) is 119 Å². The van der Waals surface area contributed by atoms with E-state index in [2.05, 4.69) is 148 Å². The predicted octanol–water partition coefficient (Wildman–Crippen LogP) is 13.4. The van der Waals surface area contributed by atoms with Gasteiger partial charge in [0.2, 0.25) is 5.56 Å². The van der Waals surface area contributed by atoms with Crippen LogP contribution in [-0.2, 0) is 35.1 Å². The Morgan fingerprint density at radius 2 is 1.08 bits per heavy atom. The number of ether oxygens (including phenoxy) is 1. The summed E-state index contributed by atoms with van der Waals surface area (Å²) in [7, 11) is 9.61. The molecule has 10 rings (SSSR count). The molecule has 0 unspecified atom stereocenters. The summed E-state index contributed by atoms with van der Waals surface area (Å²) in [6.45, 7) is 11.5. The molecule has 114 heavy (non-hydrogen) atoms. The van der Waals surface area contributed by atoms with E-state index in [1.54, 1.807) is 105 Å². The molecule has 0 bridgehead atoms. The molecule has 5 aromatic heterocycles. The molecule has 0 radical (unpaired) electrons. The Morgan fingerprint density at radius 1 is 0.623 bits per heavy atom. The van der Waals surface area contributed by atoms with Crippen molar-refractivity contribution in [3.63, 3.8) is 0 Å². The maximum absolute atomic E-state index is 12.8. The molecule has 25 nitrogen and oxygen atoms in total.